The van der Waals surface area contributed by atoms with E-state index in [1.165, 1.54) is 16.7 Å². The summed E-state index contributed by atoms with van der Waals surface area (Å²) < 4.78 is 11.2. The highest BCUT2D eigenvalue weighted by atomic mass is 16.5. The van der Waals surface area contributed by atoms with E-state index in [-0.39, 0.29) is 12.4 Å². The van der Waals surface area contributed by atoms with Crippen molar-refractivity contribution in [3.8, 4) is 22.9 Å². The summed E-state index contributed by atoms with van der Waals surface area (Å²) in [5.74, 6) is 1.23. The Labute approximate surface area is 170 Å². The third kappa shape index (κ3) is 4.00. The largest absolute Gasteiger partial charge is 0.495 e. The van der Waals surface area contributed by atoms with Crippen molar-refractivity contribution < 1.29 is 9.47 Å². The van der Waals surface area contributed by atoms with Crippen LogP contribution in [0.4, 0.5) is 5.82 Å². The van der Waals surface area contributed by atoms with E-state index in [4.69, 9.17) is 15.2 Å². The first-order chi connectivity index (χ1) is 14.0. The van der Waals surface area contributed by atoms with Crippen molar-refractivity contribution in [1.82, 2.24) is 19.9 Å². The standard InChI is InChI=1S/C22H25N5O2/c1-14-8-16(9-17-12-27(2)7-5-18(14)17)19-10-25-21(23)22(26-19)29-13-15-4-6-24-11-20(15)28-3/h4,6,8-11H,5,7,12-13H2,1-3H3,(H2,23,25). The van der Waals surface area contributed by atoms with Crippen molar-refractivity contribution >= 4 is 5.82 Å². The number of fused-ring (bicyclic) bond motifs is 1. The van der Waals surface area contributed by atoms with Crippen LogP contribution in [-0.2, 0) is 19.6 Å². The normalized spacial score (nSPS) is 13.8. The topological polar surface area (TPSA) is 86.4 Å². The third-order valence-corrected chi connectivity index (χ3v) is 5.27. The quantitative estimate of drug-likeness (QED) is 0.715. The Kier molecular flexibility index (Phi) is 5.31. The molecule has 0 fully saturated rings. The number of methoxy groups -OCH3 is 1. The van der Waals surface area contributed by atoms with Gasteiger partial charge in [0, 0.05) is 30.4 Å². The van der Waals surface area contributed by atoms with Crippen LogP contribution in [0.5, 0.6) is 11.6 Å². The molecule has 2 aromatic heterocycles. The van der Waals surface area contributed by atoms with Gasteiger partial charge in [-0.05, 0) is 55.3 Å². The summed E-state index contributed by atoms with van der Waals surface area (Å²) in [5.41, 5.74) is 12.7. The summed E-state index contributed by atoms with van der Waals surface area (Å²) in [6, 6.07) is 6.21. The number of anilines is 1. The second-order valence-corrected chi connectivity index (χ2v) is 7.34. The minimum Gasteiger partial charge on any atom is -0.495 e. The number of hydrogen-bond acceptors (Lipinski definition) is 7. The molecule has 7 nitrogen and oxygen atoms in total. The molecule has 29 heavy (non-hydrogen) atoms. The molecule has 3 aromatic rings. The van der Waals surface area contributed by atoms with Gasteiger partial charge in [0.1, 0.15) is 12.4 Å². The Morgan fingerprint density at radius 1 is 1.24 bits per heavy atom. The zero-order valence-electron chi connectivity index (χ0n) is 17.0. The van der Waals surface area contributed by atoms with E-state index in [9.17, 15) is 0 Å². The number of benzene rings is 1. The van der Waals surface area contributed by atoms with Gasteiger partial charge in [-0.25, -0.2) is 9.97 Å². The predicted octanol–water partition coefficient (Wildman–Crippen LogP) is 3.00. The van der Waals surface area contributed by atoms with Crippen molar-refractivity contribution in [2.24, 2.45) is 0 Å². The van der Waals surface area contributed by atoms with Gasteiger partial charge in [0.15, 0.2) is 5.82 Å². The maximum absolute atomic E-state index is 6.01. The fraction of sp³-hybridized carbons (Fsp3) is 0.318. The lowest BCUT2D eigenvalue weighted by Gasteiger charge is -2.27. The van der Waals surface area contributed by atoms with Crippen LogP contribution in [0.1, 0.15) is 22.3 Å². The average Bonchev–Trinajstić information content (AvgIpc) is 2.73. The molecule has 2 N–H and O–H groups in total. The van der Waals surface area contributed by atoms with Gasteiger partial charge in [-0.15, -0.1) is 0 Å². The molecular formula is C22H25N5O2. The molecule has 0 radical (unpaired) electrons. The number of nitrogens with zero attached hydrogens (tertiary/aromatic N) is 4. The van der Waals surface area contributed by atoms with Gasteiger partial charge >= 0.3 is 0 Å². The Morgan fingerprint density at radius 2 is 2.10 bits per heavy atom. The van der Waals surface area contributed by atoms with Crippen LogP contribution in [0, 0.1) is 6.92 Å². The van der Waals surface area contributed by atoms with Gasteiger partial charge in [0.25, 0.3) is 5.88 Å². The molecule has 0 bridgehead atoms. The van der Waals surface area contributed by atoms with Gasteiger partial charge in [-0.3, -0.25) is 4.98 Å². The van der Waals surface area contributed by atoms with E-state index in [2.05, 4.69) is 46.0 Å². The van der Waals surface area contributed by atoms with Crippen LogP contribution in [0.25, 0.3) is 11.3 Å². The maximum atomic E-state index is 6.01. The first kappa shape index (κ1) is 19.1. The molecule has 0 atom stereocenters. The fourth-order valence-corrected chi connectivity index (χ4v) is 3.69. The Bertz CT molecular complexity index is 1040. The smallest absolute Gasteiger partial charge is 0.258 e. The molecule has 3 heterocycles. The van der Waals surface area contributed by atoms with Crippen LogP contribution in [0.3, 0.4) is 0 Å². The van der Waals surface area contributed by atoms with Gasteiger partial charge in [-0.1, -0.05) is 0 Å². The van der Waals surface area contributed by atoms with Crippen LogP contribution in [0.15, 0.2) is 36.8 Å². The van der Waals surface area contributed by atoms with E-state index in [0.717, 1.165) is 36.3 Å². The summed E-state index contributed by atoms with van der Waals surface area (Å²) in [4.78, 5) is 15.3. The first-order valence-electron chi connectivity index (χ1n) is 9.58. The van der Waals surface area contributed by atoms with Gasteiger partial charge < -0.3 is 20.1 Å². The lowest BCUT2D eigenvalue weighted by Crippen LogP contribution is -2.27. The number of rotatable bonds is 5. The zero-order valence-corrected chi connectivity index (χ0v) is 17.0. The van der Waals surface area contributed by atoms with Gasteiger partial charge in [-0.2, -0.15) is 0 Å². The molecule has 0 spiro atoms. The highest BCUT2D eigenvalue weighted by molar-refractivity contribution is 5.64. The molecular weight excluding hydrogens is 366 g/mol. The Morgan fingerprint density at radius 3 is 2.93 bits per heavy atom. The molecule has 1 aromatic carbocycles. The number of ether oxygens (including phenoxy) is 2. The monoisotopic (exact) mass is 391 g/mol. The molecule has 1 aliphatic heterocycles. The Balaban J connectivity index is 1.62. The summed E-state index contributed by atoms with van der Waals surface area (Å²) in [5, 5.41) is 0. The van der Waals surface area contributed by atoms with Crippen molar-refractivity contribution in [1.29, 1.82) is 0 Å². The second kappa shape index (κ2) is 8.05. The minimum absolute atomic E-state index is 0.260. The number of aryl methyl sites for hydroxylation is 1. The molecule has 0 saturated heterocycles. The average molecular weight is 391 g/mol. The van der Waals surface area contributed by atoms with Crippen molar-refractivity contribution in [2.45, 2.75) is 26.5 Å². The molecule has 150 valence electrons. The SMILES string of the molecule is COc1cnccc1COc1nc(-c2cc(C)c3c(c2)CN(C)CC3)cnc1N. The van der Waals surface area contributed by atoms with E-state index >= 15 is 0 Å². The highest BCUT2D eigenvalue weighted by Gasteiger charge is 2.18. The van der Waals surface area contributed by atoms with Crippen molar-refractivity contribution in [2.75, 3.05) is 26.4 Å². The zero-order chi connectivity index (χ0) is 20.4. The highest BCUT2D eigenvalue weighted by Crippen LogP contribution is 2.30. The molecule has 0 amide bonds. The van der Waals surface area contributed by atoms with Crippen molar-refractivity contribution in [3.63, 3.8) is 0 Å². The number of likely N-dealkylation sites (N-methyl/N-ethyl adjacent to an activating group) is 1. The first-order valence-corrected chi connectivity index (χ1v) is 9.58. The van der Waals surface area contributed by atoms with E-state index < -0.39 is 0 Å². The molecule has 0 unspecified atom stereocenters. The molecule has 4 rings (SSSR count). The summed E-state index contributed by atoms with van der Waals surface area (Å²) in [6.45, 7) is 4.45. The van der Waals surface area contributed by atoms with Gasteiger partial charge in [0.05, 0.1) is 25.2 Å². The number of nitrogen functional groups attached to an aromatic ring is 1. The molecule has 0 saturated carbocycles. The number of pyridine rings is 1. The number of aromatic nitrogens is 3. The van der Waals surface area contributed by atoms with Crippen molar-refractivity contribution in [3.05, 3.63) is 59.0 Å². The predicted molar refractivity (Wildman–Crippen MR) is 112 cm³/mol. The fourth-order valence-electron chi connectivity index (χ4n) is 3.69. The summed E-state index contributed by atoms with van der Waals surface area (Å²) >= 11 is 0. The van der Waals surface area contributed by atoms with Crippen LogP contribution in [-0.4, -0.2) is 40.6 Å². The van der Waals surface area contributed by atoms with E-state index in [1.807, 2.05) is 6.07 Å². The molecule has 0 aliphatic carbocycles. The number of nitrogens with two attached hydrogens (primary N) is 1. The lowest BCUT2D eigenvalue weighted by atomic mass is 9.92. The lowest BCUT2D eigenvalue weighted by molar-refractivity contribution is 0.286. The minimum atomic E-state index is 0.260. The van der Waals surface area contributed by atoms with Crippen LogP contribution < -0.4 is 15.2 Å². The maximum Gasteiger partial charge on any atom is 0.258 e. The van der Waals surface area contributed by atoms with Crippen LogP contribution in [0.2, 0.25) is 0 Å². The van der Waals surface area contributed by atoms with E-state index in [0.29, 0.717) is 11.6 Å². The Hall–Kier alpha value is -3.19. The second-order valence-electron chi connectivity index (χ2n) is 7.34. The van der Waals surface area contributed by atoms with Crippen LogP contribution >= 0.6 is 0 Å². The van der Waals surface area contributed by atoms with Gasteiger partial charge in [0.2, 0.25) is 0 Å². The summed E-state index contributed by atoms with van der Waals surface area (Å²) in [6.07, 6.45) is 6.12. The summed E-state index contributed by atoms with van der Waals surface area (Å²) in [7, 11) is 3.75. The third-order valence-electron chi connectivity index (χ3n) is 5.27. The molecule has 1 aliphatic rings. The van der Waals surface area contributed by atoms with E-state index in [1.54, 1.807) is 25.7 Å². The number of hydrogen-bond donors (Lipinski definition) is 1. The molecule has 7 heteroatoms.